The number of fused-ring (bicyclic) bond motifs is 1. The normalized spacial score (nSPS) is 19.2. The standard InChI is InChI=1S/C14H21N5O/c1-10-4-11(17-16-10)6-19-7-13-14(18(2)9-15-13)5-12(19)8-20-3/h4,9,12H,5-8H2,1-3H3,(H,16,17)/t12-/m1/s1. The molecule has 0 bridgehead atoms. The van der Waals surface area contributed by atoms with E-state index in [1.165, 1.54) is 11.4 Å². The number of aromatic amines is 1. The number of H-pyrrole nitrogens is 1. The zero-order valence-corrected chi connectivity index (χ0v) is 12.3. The fourth-order valence-electron chi connectivity index (χ4n) is 2.88. The number of rotatable bonds is 4. The van der Waals surface area contributed by atoms with Gasteiger partial charge < -0.3 is 9.30 Å². The molecule has 0 amide bonds. The smallest absolute Gasteiger partial charge is 0.0949 e. The van der Waals surface area contributed by atoms with Crippen molar-refractivity contribution in [1.82, 2.24) is 24.6 Å². The second kappa shape index (κ2) is 5.38. The van der Waals surface area contributed by atoms with Gasteiger partial charge in [-0.15, -0.1) is 0 Å². The van der Waals surface area contributed by atoms with E-state index in [2.05, 4.69) is 37.8 Å². The molecule has 1 N–H and O–H groups in total. The van der Waals surface area contributed by atoms with Gasteiger partial charge in [-0.05, 0) is 13.0 Å². The van der Waals surface area contributed by atoms with Crippen LogP contribution in [0.1, 0.15) is 22.8 Å². The third kappa shape index (κ3) is 2.48. The van der Waals surface area contributed by atoms with Crippen molar-refractivity contribution in [2.75, 3.05) is 13.7 Å². The van der Waals surface area contributed by atoms with Crippen LogP contribution in [-0.4, -0.2) is 44.4 Å². The fourth-order valence-corrected chi connectivity index (χ4v) is 2.88. The monoisotopic (exact) mass is 275 g/mol. The summed E-state index contributed by atoms with van der Waals surface area (Å²) in [6.07, 6.45) is 2.87. The lowest BCUT2D eigenvalue weighted by Gasteiger charge is -2.34. The molecule has 3 rings (SSSR count). The second-order valence-corrected chi connectivity index (χ2v) is 5.51. The van der Waals surface area contributed by atoms with Crippen molar-refractivity contribution in [2.45, 2.75) is 32.5 Å². The number of aromatic nitrogens is 4. The van der Waals surface area contributed by atoms with Gasteiger partial charge in [-0.2, -0.15) is 5.10 Å². The van der Waals surface area contributed by atoms with Gasteiger partial charge in [0, 0.05) is 51.1 Å². The topological polar surface area (TPSA) is 59.0 Å². The first kappa shape index (κ1) is 13.3. The summed E-state index contributed by atoms with van der Waals surface area (Å²) in [7, 11) is 3.82. The van der Waals surface area contributed by atoms with Gasteiger partial charge in [0.2, 0.25) is 0 Å². The summed E-state index contributed by atoms with van der Waals surface area (Å²) < 4.78 is 7.51. The van der Waals surface area contributed by atoms with E-state index in [1.54, 1.807) is 7.11 Å². The summed E-state index contributed by atoms with van der Waals surface area (Å²) in [6, 6.07) is 2.47. The first-order chi connectivity index (χ1) is 9.67. The van der Waals surface area contributed by atoms with Crippen LogP contribution < -0.4 is 0 Å². The highest BCUT2D eigenvalue weighted by Crippen LogP contribution is 2.23. The van der Waals surface area contributed by atoms with Crippen molar-refractivity contribution in [3.8, 4) is 0 Å². The molecule has 1 aliphatic rings. The van der Waals surface area contributed by atoms with E-state index in [0.29, 0.717) is 6.04 Å². The Bertz CT molecular complexity index is 588. The minimum absolute atomic E-state index is 0.375. The zero-order chi connectivity index (χ0) is 14.1. The Morgan fingerprint density at radius 2 is 2.35 bits per heavy atom. The molecule has 108 valence electrons. The molecule has 6 nitrogen and oxygen atoms in total. The largest absolute Gasteiger partial charge is 0.383 e. The van der Waals surface area contributed by atoms with E-state index in [-0.39, 0.29) is 0 Å². The highest BCUT2D eigenvalue weighted by atomic mass is 16.5. The molecule has 0 aromatic carbocycles. The van der Waals surface area contributed by atoms with Crippen LogP contribution in [0.2, 0.25) is 0 Å². The molecule has 0 radical (unpaired) electrons. The molecule has 0 saturated heterocycles. The number of nitrogens with zero attached hydrogens (tertiary/aromatic N) is 4. The van der Waals surface area contributed by atoms with Gasteiger partial charge >= 0.3 is 0 Å². The maximum atomic E-state index is 5.39. The Morgan fingerprint density at radius 1 is 1.50 bits per heavy atom. The third-order valence-corrected chi connectivity index (χ3v) is 3.93. The predicted octanol–water partition coefficient (Wildman–Crippen LogP) is 1.02. The van der Waals surface area contributed by atoms with Crippen LogP contribution in [0, 0.1) is 6.92 Å². The molecule has 0 fully saturated rings. The van der Waals surface area contributed by atoms with Gasteiger partial charge in [0.25, 0.3) is 0 Å². The second-order valence-electron chi connectivity index (χ2n) is 5.51. The van der Waals surface area contributed by atoms with Crippen molar-refractivity contribution in [2.24, 2.45) is 7.05 Å². The predicted molar refractivity (Wildman–Crippen MR) is 75.1 cm³/mol. The number of hydrogen-bond donors (Lipinski definition) is 1. The van der Waals surface area contributed by atoms with Gasteiger partial charge in [-0.1, -0.05) is 0 Å². The van der Waals surface area contributed by atoms with E-state index in [9.17, 15) is 0 Å². The van der Waals surface area contributed by atoms with Gasteiger partial charge in [-0.25, -0.2) is 4.98 Å². The molecule has 2 aromatic rings. The lowest BCUT2D eigenvalue weighted by atomic mass is 10.0. The summed E-state index contributed by atoms with van der Waals surface area (Å²) in [6.45, 7) is 4.44. The van der Waals surface area contributed by atoms with Crippen LogP contribution in [0.5, 0.6) is 0 Å². The average molecular weight is 275 g/mol. The van der Waals surface area contributed by atoms with E-state index in [1.807, 2.05) is 13.3 Å². The number of ether oxygens (including phenoxy) is 1. The van der Waals surface area contributed by atoms with Gasteiger partial charge in [0.15, 0.2) is 0 Å². The maximum absolute atomic E-state index is 5.39. The van der Waals surface area contributed by atoms with E-state index >= 15 is 0 Å². The van der Waals surface area contributed by atoms with Crippen molar-refractivity contribution in [3.63, 3.8) is 0 Å². The summed E-state index contributed by atoms with van der Waals surface area (Å²) in [5.74, 6) is 0. The average Bonchev–Trinajstić information content (AvgIpc) is 2.98. The Balaban J connectivity index is 1.81. The SMILES string of the molecule is COC[C@H]1Cc2c(ncn2C)CN1Cc1cc(C)[nH]n1. The Kier molecular flexibility index (Phi) is 3.58. The minimum Gasteiger partial charge on any atom is -0.383 e. The van der Waals surface area contributed by atoms with Crippen molar-refractivity contribution in [1.29, 1.82) is 0 Å². The first-order valence-electron chi connectivity index (χ1n) is 6.90. The molecular formula is C14H21N5O. The van der Waals surface area contributed by atoms with Crippen LogP contribution in [0.3, 0.4) is 0 Å². The molecule has 2 aromatic heterocycles. The van der Waals surface area contributed by atoms with E-state index in [0.717, 1.165) is 37.5 Å². The molecule has 0 aliphatic carbocycles. The van der Waals surface area contributed by atoms with Crippen molar-refractivity contribution < 1.29 is 4.74 Å². The zero-order valence-electron chi connectivity index (χ0n) is 12.3. The summed E-state index contributed by atoms with van der Waals surface area (Å²) in [5.41, 5.74) is 4.66. The molecule has 0 spiro atoms. The number of hydrogen-bond acceptors (Lipinski definition) is 4. The minimum atomic E-state index is 0.375. The molecule has 3 heterocycles. The van der Waals surface area contributed by atoms with Crippen molar-refractivity contribution in [3.05, 3.63) is 35.2 Å². The Labute approximate surface area is 118 Å². The fraction of sp³-hybridized carbons (Fsp3) is 0.571. The van der Waals surface area contributed by atoms with Gasteiger partial charge in [-0.3, -0.25) is 10.00 Å². The summed E-state index contributed by atoms with van der Waals surface area (Å²) in [4.78, 5) is 6.90. The number of methoxy groups -OCH3 is 1. The highest BCUT2D eigenvalue weighted by molar-refractivity contribution is 5.19. The first-order valence-corrected chi connectivity index (χ1v) is 6.90. The van der Waals surface area contributed by atoms with Gasteiger partial charge in [0.05, 0.1) is 24.3 Å². The summed E-state index contributed by atoms with van der Waals surface area (Å²) in [5, 5.41) is 7.33. The lowest BCUT2D eigenvalue weighted by molar-refractivity contribution is 0.0692. The summed E-state index contributed by atoms with van der Waals surface area (Å²) >= 11 is 0. The molecule has 6 heteroatoms. The molecular weight excluding hydrogens is 254 g/mol. The quantitative estimate of drug-likeness (QED) is 0.905. The molecule has 20 heavy (non-hydrogen) atoms. The van der Waals surface area contributed by atoms with Crippen LogP contribution in [0.25, 0.3) is 0 Å². The third-order valence-electron chi connectivity index (χ3n) is 3.93. The molecule has 0 saturated carbocycles. The lowest BCUT2D eigenvalue weighted by Crippen LogP contribution is -2.43. The van der Waals surface area contributed by atoms with E-state index < -0.39 is 0 Å². The van der Waals surface area contributed by atoms with Crippen LogP contribution >= 0.6 is 0 Å². The van der Waals surface area contributed by atoms with Crippen LogP contribution in [0.15, 0.2) is 12.4 Å². The molecule has 0 unspecified atom stereocenters. The number of imidazole rings is 1. The number of nitrogens with one attached hydrogen (secondary N) is 1. The Hall–Kier alpha value is -1.66. The molecule has 1 aliphatic heterocycles. The van der Waals surface area contributed by atoms with Crippen molar-refractivity contribution >= 4 is 0 Å². The van der Waals surface area contributed by atoms with Gasteiger partial charge in [0.1, 0.15) is 0 Å². The van der Waals surface area contributed by atoms with Crippen LogP contribution in [-0.2, 0) is 31.3 Å². The maximum Gasteiger partial charge on any atom is 0.0949 e. The molecule has 1 atom stereocenters. The highest BCUT2D eigenvalue weighted by Gasteiger charge is 2.29. The number of aryl methyl sites for hydroxylation is 2. The Morgan fingerprint density at radius 3 is 3.05 bits per heavy atom. The van der Waals surface area contributed by atoms with E-state index in [4.69, 9.17) is 4.74 Å². The van der Waals surface area contributed by atoms with Crippen LogP contribution in [0.4, 0.5) is 0 Å².